The van der Waals surface area contributed by atoms with Gasteiger partial charge in [0.25, 0.3) is 5.91 Å². The van der Waals surface area contributed by atoms with Crippen LogP contribution in [0.1, 0.15) is 33.4 Å². The highest BCUT2D eigenvalue weighted by atomic mass is 35.5. The molecule has 1 aliphatic rings. The molecule has 1 unspecified atom stereocenters. The van der Waals surface area contributed by atoms with Crippen molar-refractivity contribution >= 4 is 29.1 Å². The minimum absolute atomic E-state index is 0.139. The summed E-state index contributed by atoms with van der Waals surface area (Å²) in [6.45, 7) is 0. The second-order valence-corrected chi connectivity index (χ2v) is 6.90. The van der Waals surface area contributed by atoms with Crippen LogP contribution in [-0.4, -0.2) is 27.0 Å². The fourth-order valence-electron chi connectivity index (χ4n) is 3.17. The van der Waals surface area contributed by atoms with Gasteiger partial charge in [-0.3, -0.25) is 14.6 Å². The lowest BCUT2D eigenvalue weighted by Gasteiger charge is -2.17. The van der Waals surface area contributed by atoms with E-state index in [1.807, 2.05) is 30.3 Å². The quantitative estimate of drug-likeness (QED) is 0.526. The molecule has 1 atom stereocenters. The Bertz CT molecular complexity index is 1110. The van der Waals surface area contributed by atoms with Gasteiger partial charge in [-0.15, -0.1) is 0 Å². The largest absolute Gasteiger partial charge is 0.342 e. The van der Waals surface area contributed by atoms with Crippen LogP contribution in [0.15, 0.2) is 47.3 Å². The van der Waals surface area contributed by atoms with Crippen LogP contribution in [-0.2, 0) is 17.6 Å². The van der Waals surface area contributed by atoms with Gasteiger partial charge >= 0.3 is 5.69 Å². The molecule has 0 radical (unpaired) electrons. The summed E-state index contributed by atoms with van der Waals surface area (Å²) in [5.41, 5.74) is 2.10. The van der Waals surface area contributed by atoms with Gasteiger partial charge in [-0.1, -0.05) is 41.9 Å². The second kappa shape index (κ2) is 7.32. The molecule has 0 spiro atoms. The monoisotopic (exact) mass is 397 g/mol. The fourth-order valence-corrected chi connectivity index (χ4v) is 3.42. The summed E-state index contributed by atoms with van der Waals surface area (Å²) in [4.78, 5) is 38.5. The fraction of sp³-hybridized carbons (Fsp3) is 0.158. The predicted octanol–water partition coefficient (Wildman–Crippen LogP) is 1.96. The lowest BCUT2D eigenvalue weighted by Crippen LogP contribution is -2.31. The molecule has 0 saturated carbocycles. The Balaban J connectivity index is 1.62. The molecule has 0 fully saturated rings. The number of carbonyl (C=O) groups is 2. The summed E-state index contributed by atoms with van der Waals surface area (Å²) in [7, 11) is 0. The van der Waals surface area contributed by atoms with E-state index in [2.05, 4.69) is 25.8 Å². The van der Waals surface area contributed by atoms with Crippen molar-refractivity contribution in [3.63, 3.8) is 0 Å². The summed E-state index contributed by atoms with van der Waals surface area (Å²) in [5, 5.41) is 12.1. The highest BCUT2D eigenvalue weighted by Gasteiger charge is 2.24. The normalized spacial score (nSPS) is 13.7. The maximum atomic E-state index is 12.9. The number of H-pyrrole nitrogens is 2. The van der Waals surface area contributed by atoms with Crippen LogP contribution in [0.25, 0.3) is 0 Å². The minimum Gasteiger partial charge on any atom is -0.342 e. The van der Waals surface area contributed by atoms with Gasteiger partial charge in [0, 0.05) is 5.69 Å². The smallest absolute Gasteiger partial charge is 0.340 e. The van der Waals surface area contributed by atoms with E-state index in [9.17, 15) is 14.4 Å². The molecular formula is C19H16ClN5O3. The number of nitrogens with zero attached hydrogens (tertiary/aromatic N) is 1. The summed E-state index contributed by atoms with van der Waals surface area (Å²) in [6.07, 6.45) is 0.628. The molecular weight excluding hydrogens is 382 g/mol. The minimum atomic E-state index is -0.571. The number of anilines is 1. The molecule has 9 heteroatoms. The number of carbonyl (C=O) groups excluding carboxylic acids is 2. The molecule has 28 heavy (non-hydrogen) atoms. The summed E-state index contributed by atoms with van der Waals surface area (Å²) >= 11 is 6.25. The number of rotatable bonds is 5. The highest BCUT2D eigenvalue weighted by molar-refractivity contribution is 6.34. The van der Waals surface area contributed by atoms with Crippen LogP contribution >= 0.6 is 11.6 Å². The Hall–Kier alpha value is -3.39. The van der Waals surface area contributed by atoms with Crippen LogP contribution in [0.4, 0.5) is 5.69 Å². The zero-order valence-electron chi connectivity index (χ0n) is 14.6. The lowest BCUT2D eigenvalue weighted by atomic mass is 10.0. The van der Waals surface area contributed by atoms with Crippen molar-refractivity contribution in [2.75, 3.05) is 5.32 Å². The van der Waals surface area contributed by atoms with Gasteiger partial charge in [0.15, 0.2) is 5.82 Å². The molecule has 4 N–H and O–H groups in total. The van der Waals surface area contributed by atoms with Crippen molar-refractivity contribution in [3.05, 3.63) is 80.5 Å². The number of hydrogen-bond acceptors (Lipinski definition) is 4. The van der Waals surface area contributed by atoms with Gasteiger partial charge in [-0.05, 0) is 29.7 Å². The van der Waals surface area contributed by atoms with E-state index in [0.29, 0.717) is 23.5 Å². The maximum Gasteiger partial charge on any atom is 0.340 e. The number of benzene rings is 2. The molecule has 1 aromatic heterocycles. The SMILES string of the molecule is O=C1Cc2cc(C(=O)NC(Cc3ccccc3)c3n[nH]c(=O)[nH]3)c(Cl)cc2N1. The number of aromatic amines is 2. The van der Waals surface area contributed by atoms with Gasteiger partial charge in [0.2, 0.25) is 5.91 Å². The van der Waals surface area contributed by atoms with Gasteiger partial charge < -0.3 is 10.6 Å². The van der Waals surface area contributed by atoms with Crippen molar-refractivity contribution in [1.82, 2.24) is 20.5 Å². The van der Waals surface area contributed by atoms with E-state index in [-0.39, 0.29) is 22.9 Å². The van der Waals surface area contributed by atoms with Crippen molar-refractivity contribution in [3.8, 4) is 0 Å². The Kier molecular flexibility index (Phi) is 4.70. The molecule has 4 rings (SSSR count). The van der Waals surface area contributed by atoms with Crippen LogP contribution in [0.5, 0.6) is 0 Å². The van der Waals surface area contributed by atoms with Gasteiger partial charge in [0.1, 0.15) is 0 Å². The van der Waals surface area contributed by atoms with E-state index in [0.717, 1.165) is 5.56 Å². The van der Waals surface area contributed by atoms with E-state index < -0.39 is 17.6 Å². The molecule has 8 nitrogen and oxygen atoms in total. The van der Waals surface area contributed by atoms with E-state index in [1.165, 1.54) is 0 Å². The van der Waals surface area contributed by atoms with Crippen LogP contribution < -0.4 is 16.3 Å². The number of fused-ring (bicyclic) bond motifs is 1. The van der Waals surface area contributed by atoms with Gasteiger partial charge in [-0.2, -0.15) is 5.10 Å². The van der Waals surface area contributed by atoms with Crippen molar-refractivity contribution < 1.29 is 9.59 Å². The number of aromatic nitrogens is 3. The first-order valence-corrected chi connectivity index (χ1v) is 8.99. The number of halogens is 1. The zero-order chi connectivity index (χ0) is 19.7. The zero-order valence-corrected chi connectivity index (χ0v) is 15.3. The Morgan fingerprint density at radius 2 is 2.00 bits per heavy atom. The van der Waals surface area contributed by atoms with Crippen LogP contribution in [0.3, 0.4) is 0 Å². The molecule has 0 aliphatic carbocycles. The summed E-state index contributed by atoms with van der Waals surface area (Å²) in [5.74, 6) is -0.243. The number of amides is 2. The summed E-state index contributed by atoms with van der Waals surface area (Å²) < 4.78 is 0. The van der Waals surface area contributed by atoms with Gasteiger partial charge in [-0.25, -0.2) is 9.89 Å². The Morgan fingerprint density at radius 3 is 2.71 bits per heavy atom. The molecule has 2 aromatic carbocycles. The average Bonchev–Trinajstić information content (AvgIpc) is 3.25. The second-order valence-electron chi connectivity index (χ2n) is 6.49. The van der Waals surface area contributed by atoms with Gasteiger partial charge in [0.05, 0.1) is 23.0 Å². The maximum absolute atomic E-state index is 12.9. The average molecular weight is 398 g/mol. The molecule has 0 bridgehead atoms. The molecule has 1 aliphatic heterocycles. The molecule has 3 aromatic rings. The number of nitrogens with one attached hydrogen (secondary N) is 4. The first-order valence-electron chi connectivity index (χ1n) is 8.61. The first-order chi connectivity index (χ1) is 13.5. The lowest BCUT2D eigenvalue weighted by molar-refractivity contribution is -0.115. The molecule has 2 amide bonds. The summed E-state index contributed by atoms with van der Waals surface area (Å²) in [6, 6.07) is 12.1. The van der Waals surface area contributed by atoms with Crippen molar-refractivity contribution in [2.24, 2.45) is 0 Å². The van der Waals surface area contributed by atoms with Crippen molar-refractivity contribution in [2.45, 2.75) is 18.9 Å². The topological polar surface area (TPSA) is 120 Å². The van der Waals surface area contributed by atoms with E-state index in [4.69, 9.17) is 11.6 Å². The predicted molar refractivity (Wildman–Crippen MR) is 103 cm³/mol. The molecule has 142 valence electrons. The highest BCUT2D eigenvalue weighted by Crippen LogP contribution is 2.30. The van der Waals surface area contributed by atoms with E-state index in [1.54, 1.807) is 12.1 Å². The third kappa shape index (κ3) is 3.67. The first kappa shape index (κ1) is 18.0. The Labute approximate surface area is 164 Å². The third-order valence-electron chi connectivity index (χ3n) is 4.50. The van der Waals surface area contributed by atoms with Crippen LogP contribution in [0.2, 0.25) is 5.02 Å². The standard InChI is InChI=1S/C19H16ClN5O3/c20-13-9-14-11(8-16(26)21-14)7-12(13)18(27)22-15(17-23-19(28)25-24-17)6-10-4-2-1-3-5-10/h1-5,7,9,15H,6,8H2,(H,21,26)(H,22,27)(H2,23,24,25,28). The van der Waals surface area contributed by atoms with E-state index >= 15 is 0 Å². The molecule has 0 saturated heterocycles. The van der Waals surface area contributed by atoms with Crippen LogP contribution in [0, 0.1) is 0 Å². The third-order valence-corrected chi connectivity index (χ3v) is 4.81. The van der Waals surface area contributed by atoms with Crippen molar-refractivity contribution in [1.29, 1.82) is 0 Å². The molecule has 2 heterocycles. The number of hydrogen-bond donors (Lipinski definition) is 4. The Morgan fingerprint density at radius 1 is 1.21 bits per heavy atom.